The molecule has 0 spiro atoms. The Hall–Kier alpha value is -2.66. The topological polar surface area (TPSA) is 34.5 Å². The zero-order valence-corrected chi connectivity index (χ0v) is 15.4. The normalized spacial score (nSPS) is 16.9. The molecule has 4 rings (SSSR count). The van der Waals surface area contributed by atoms with Crippen molar-refractivity contribution in [3.05, 3.63) is 84.2 Å². The molecule has 0 radical (unpaired) electrons. The second kappa shape index (κ2) is 7.30. The van der Waals surface area contributed by atoms with Gasteiger partial charge in [-0.3, -0.25) is 4.79 Å². The Kier molecular flexibility index (Phi) is 4.71. The van der Waals surface area contributed by atoms with Gasteiger partial charge in [0.05, 0.1) is 12.9 Å². The van der Waals surface area contributed by atoms with Crippen LogP contribution in [-0.4, -0.2) is 28.2 Å². The number of benzene rings is 2. The first-order valence-corrected chi connectivity index (χ1v) is 9.57. The molecule has 0 saturated carbocycles. The fourth-order valence-corrected chi connectivity index (χ4v) is 4.33. The van der Waals surface area contributed by atoms with Crippen molar-refractivity contribution in [3.8, 4) is 11.4 Å². The van der Waals surface area contributed by atoms with E-state index in [2.05, 4.69) is 29.0 Å². The Morgan fingerprint density at radius 1 is 1.08 bits per heavy atom. The number of carbonyl (C=O) groups excluding carboxylic acids is 1. The highest BCUT2D eigenvalue weighted by molar-refractivity contribution is 8.00. The Balaban J connectivity index is 1.56. The molecule has 2 aromatic carbocycles. The lowest BCUT2D eigenvalue weighted by Crippen LogP contribution is -2.27. The van der Waals surface area contributed by atoms with Crippen LogP contribution in [0.4, 0.5) is 0 Å². The van der Waals surface area contributed by atoms with Gasteiger partial charge in [-0.15, -0.1) is 11.8 Å². The van der Waals surface area contributed by atoms with E-state index in [1.807, 2.05) is 53.6 Å². The minimum atomic E-state index is 0.0576. The molecule has 1 amide bonds. The molecule has 3 aromatic rings. The molecule has 1 unspecified atom stereocenters. The summed E-state index contributed by atoms with van der Waals surface area (Å²) in [5.74, 6) is 1.57. The van der Waals surface area contributed by atoms with E-state index in [0.717, 1.165) is 22.6 Å². The van der Waals surface area contributed by atoms with Crippen molar-refractivity contribution in [2.24, 2.45) is 0 Å². The first kappa shape index (κ1) is 16.8. The summed E-state index contributed by atoms with van der Waals surface area (Å²) in [6.45, 7) is 0.644. The first-order chi connectivity index (χ1) is 12.7. The molecule has 1 atom stereocenters. The summed E-state index contributed by atoms with van der Waals surface area (Å²) in [5.41, 5.74) is 3.37. The first-order valence-electron chi connectivity index (χ1n) is 8.52. The summed E-state index contributed by atoms with van der Waals surface area (Å²) in [6.07, 6.45) is 4.15. The van der Waals surface area contributed by atoms with E-state index in [-0.39, 0.29) is 11.3 Å². The van der Waals surface area contributed by atoms with E-state index < -0.39 is 0 Å². The average Bonchev–Trinajstić information content (AvgIpc) is 3.30. The van der Waals surface area contributed by atoms with Gasteiger partial charge >= 0.3 is 0 Å². The van der Waals surface area contributed by atoms with Gasteiger partial charge in [0, 0.05) is 30.2 Å². The maximum Gasteiger partial charge on any atom is 0.234 e. The predicted molar refractivity (Wildman–Crippen MR) is 105 cm³/mol. The van der Waals surface area contributed by atoms with E-state index in [1.54, 1.807) is 18.9 Å². The third-order valence-electron chi connectivity index (χ3n) is 4.54. The Morgan fingerprint density at radius 2 is 1.85 bits per heavy atom. The van der Waals surface area contributed by atoms with Crippen molar-refractivity contribution in [1.82, 2.24) is 9.47 Å². The number of thioether (sulfide) groups is 1. The lowest BCUT2D eigenvalue weighted by molar-refractivity contribution is -0.128. The molecule has 1 aliphatic rings. The summed E-state index contributed by atoms with van der Waals surface area (Å²) < 4.78 is 7.30. The zero-order valence-electron chi connectivity index (χ0n) is 14.5. The Morgan fingerprint density at radius 3 is 2.58 bits per heavy atom. The molecule has 1 fully saturated rings. The van der Waals surface area contributed by atoms with Gasteiger partial charge in [-0.05, 0) is 35.9 Å². The molecule has 26 heavy (non-hydrogen) atoms. The second-order valence-electron chi connectivity index (χ2n) is 6.22. The predicted octanol–water partition coefficient (Wildman–Crippen LogP) is 4.26. The maximum atomic E-state index is 12.4. The van der Waals surface area contributed by atoms with Crippen LogP contribution in [0.1, 0.15) is 16.5 Å². The zero-order chi connectivity index (χ0) is 17.9. The Bertz CT molecular complexity index is 890. The number of rotatable bonds is 5. The van der Waals surface area contributed by atoms with E-state index in [4.69, 9.17) is 4.74 Å². The van der Waals surface area contributed by atoms with E-state index in [9.17, 15) is 4.79 Å². The largest absolute Gasteiger partial charge is 0.497 e. The summed E-state index contributed by atoms with van der Waals surface area (Å²) in [6, 6.07) is 20.2. The third-order valence-corrected chi connectivity index (χ3v) is 5.79. The van der Waals surface area contributed by atoms with Crippen LogP contribution < -0.4 is 4.74 Å². The highest BCUT2D eigenvalue weighted by Crippen LogP contribution is 2.40. The van der Waals surface area contributed by atoms with Crippen molar-refractivity contribution in [2.45, 2.75) is 11.9 Å². The van der Waals surface area contributed by atoms with Crippen LogP contribution in [0.15, 0.2) is 73.1 Å². The molecular formula is C21H20N2O2S. The summed E-state index contributed by atoms with van der Waals surface area (Å²) in [4.78, 5) is 14.4. The molecule has 0 bridgehead atoms. The van der Waals surface area contributed by atoms with Crippen molar-refractivity contribution in [2.75, 3.05) is 12.9 Å². The van der Waals surface area contributed by atoms with Gasteiger partial charge in [-0.25, -0.2) is 0 Å². The van der Waals surface area contributed by atoms with E-state index in [0.29, 0.717) is 12.3 Å². The summed E-state index contributed by atoms with van der Waals surface area (Å²) in [5, 5.41) is 0.0576. The number of hydrogen-bond donors (Lipinski definition) is 0. The maximum absolute atomic E-state index is 12.4. The van der Waals surface area contributed by atoms with Crippen LogP contribution in [0.5, 0.6) is 5.75 Å². The van der Waals surface area contributed by atoms with E-state index in [1.165, 1.54) is 0 Å². The van der Waals surface area contributed by atoms with Crippen LogP contribution in [-0.2, 0) is 11.3 Å². The third kappa shape index (κ3) is 3.35. The highest BCUT2D eigenvalue weighted by atomic mass is 32.2. The molecule has 2 heterocycles. The number of hydrogen-bond acceptors (Lipinski definition) is 3. The van der Waals surface area contributed by atoms with Crippen molar-refractivity contribution < 1.29 is 9.53 Å². The van der Waals surface area contributed by atoms with Crippen molar-refractivity contribution >= 4 is 17.7 Å². The molecule has 1 aliphatic heterocycles. The lowest BCUT2D eigenvalue weighted by atomic mass is 10.2. The quantitative estimate of drug-likeness (QED) is 0.678. The second-order valence-corrected chi connectivity index (χ2v) is 7.29. The van der Waals surface area contributed by atoms with E-state index >= 15 is 0 Å². The number of carbonyl (C=O) groups is 1. The van der Waals surface area contributed by atoms with Gasteiger partial charge in [0.1, 0.15) is 11.1 Å². The minimum absolute atomic E-state index is 0.0576. The summed E-state index contributed by atoms with van der Waals surface area (Å²) >= 11 is 1.69. The fourth-order valence-electron chi connectivity index (χ4n) is 3.16. The van der Waals surface area contributed by atoms with Crippen molar-refractivity contribution in [3.63, 3.8) is 0 Å². The van der Waals surface area contributed by atoms with Crippen LogP contribution in [0.3, 0.4) is 0 Å². The number of nitrogens with zero attached hydrogens (tertiary/aromatic N) is 2. The lowest BCUT2D eigenvalue weighted by Gasteiger charge is -2.23. The number of ether oxygens (including phenoxy) is 1. The van der Waals surface area contributed by atoms with Crippen molar-refractivity contribution in [1.29, 1.82) is 0 Å². The minimum Gasteiger partial charge on any atom is -0.497 e. The number of amides is 1. The van der Waals surface area contributed by atoms with Gasteiger partial charge < -0.3 is 14.2 Å². The molecule has 0 aliphatic carbocycles. The molecule has 1 aromatic heterocycles. The SMILES string of the molecule is COc1ccc(-n2ccc(C3SCC(=O)N3Cc3ccccc3)c2)cc1. The molecular weight excluding hydrogens is 344 g/mol. The van der Waals surface area contributed by atoms with Crippen LogP contribution >= 0.6 is 11.8 Å². The monoisotopic (exact) mass is 364 g/mol. The standard InChI is InChI=1S/C21H20N2O2S/c1-25-19-9-7-18(8-10-19)22-12-11-17(14-22)21-23(20(24)15-26-21)13-16-5-3-2-4-6-16/h2-12,14,21H,13,15H2,1H3. The van der Waals surface area contributed by atoms with Gasteiger partial charge in [0.15, 0.2) is 0 Å². The van der Waals surface area contributed by atoms with Gasteiger partial charge in [0.2, 0.25) is 5.91 Å². The van der Waals surface area contributed by atoms with Crippen LogP contribution in [0.25, 0.3) is 5.69 Å². The number of aromatic nitrogens is 1. The van der Waals surface area contributed by atoms with Gasteiger partial charge in [-0.1, -0.05) is 30.3 Å². The highest BCUT2D eigenvalue weighted by Gasteiger charge is 2.33. The molecule has 5 heteroatoms. The molecule has 4 nitrogen and oxygen atoms in total. The molecule has 1 saturated heterocycles. The molecule has 132 valence electrons. The Labute approximate surface area is 157 Å². The fraction of sp³-hybridized carbons (Fsp3) is 0.190. The average molecular weight is 364 g/mol. The van der Waals surface area contributed by atoms with Gasteiger partial charge in [0.25, 0.3) is 0 Å². The summed E-state index contributed by atoms with van der Waals surface area (Å²) in [7, 11) is 1.67. The smallest absolute Gasteiger partial charge is 0.234 e. The molecule has 0 N–H and O–H groups in total. The number of methoxy groups -OCH3 is 1. The van der Waals surface area contributed by atoms with Gasteiger partial charge in [-0.2, -0.15) is 0 Å². The van der Waals surface area contributed by atoms with Crippen LogP contribution in [0.2, 0.25) is 0 Å². The van der Waals surface area contributed by atoms with Crippen LogP contribution in [0, 0.1) is 0 Å².